The minimum absolute atomic E-state index is 0.0189. The molecule has 0 radical (unpaired) electrons. The lowest BCUT2D eigenvalue weighted by molar-refractivity contribution is -0.138. The van der Waals surface area contributed by atoms with Crippen LogP contribution in [0.25, 0.3) is 0 Å². The number of rotatable bonds is 9. The van der Waals surface area contributed by atoms with Gasteiger partial charge in [0.2, 0.25) is 11.8 Å². The molecule has 0 fully saturated rings. The lowest BCUT2D eigenvalue weighted by atomic mass is 10.1. The number of aryl methyl sites for hydroxylation is 2. The zero-order chi connectivity index (χ0) is 21.4. The highest BCUT2D eigenvalue weighted by Crippen LogP contribution is 2.18. The van der Waals surface area contributed by atoms with Crippen LogP contribution in [0.5, 0.6) is 0 Å². The third-order valence-electron chi connectivity index (χ3n) is 4.57. The van der Waals surface area contributed by atoms with Gasteiger partial charge in [0, 0.05) is 18.3 Å². The first-order chi connectivity index (χ1) is 13.8. The fourth-order valence-corrected chi connectivity index (χ4v) is 4.10. The fraction of sp³-hybridized carbons (Fsp3) is 0.417. The fourth-order valence-electron chi connectivity index (χ4n) is 3.26. The molecule has 2 aromatic carbocycles. The Hall–Kier alpha value is -2.27. The molecule has 0 bridgehead atoms. The number of nitrogens with zero attached hydrogens (tertiary/aromatic N) is 1. The molecular formula is C24H32N2O2S. The molecule has 0 aliphatic carbocycles. The van der Waals surface area contributed by atoms with E-state index >= 15 is 0 Å². The van der Waals surface area contributed by atoms with Gasteiger partial charge in [-0.25, -0.2) is 0 Å². The Morgan fingerprint density at radius 3 is 2.17 bits per heavy atom. The zero-order valence-corrected chi connectivity index (χ0v) is 18.9. The maximum Gasteiger partial charge on any atom is 0.242 e. The van der Waals surface area contributed by atoms with E-state index in [2.05, 4.69) is 37.4 Å². The Morgan fingerprint density at radius 2 is 1.59 bits per heavy atom. The van der Waals surface area contributed by atoms with Gasteiger partial charge in [-0.05, 0) is 45.7 Å². The quantitative estimate of drug-likeness (QED) is 0.661. The first kappa shape index (κ1) is 23.0. The molecule has 0 spiro atoms. The molecule has 0 unspecified atom stereocenters. The van der Waals surface area contributed by atoms with Crippen molar-refractivity contribution in [2.24, 2.45) is 0 Å². The van der Waals surface area contributed by atoms with E-state index in [4.69, 9.17) is 0 Å². The van der Waals surface area contributed by atoms with Gasteiger partial charge < -0.3 is 10.2 Å². The summed E-state index contributed by atoms with van der Waals surface area (Å²) in [5.74, 6) is 0.984. The van der Waals surface area contributed by atoms with Gasteiger partial charge in [-0.1, -0.05) is 59.7 Å². The van der Waals surface area contributed by atoms with Gasteiger partial charge in [0.05, 0.1) is 5.75 Å². The molecule has 0 aliphatic rings. The maximum atomic E-state index is 13.0. The average Bonchev–Trinajstić information content (AvgIpc) is 2.65. The second kappa shape index (κ2) is 11.1. The number of hydrogen-bond donors (Lipinski definition) is 1. The van der Waals surface area contributed by atoms with Crippen molar-refractivity contribution in [1.29, 1.82) is 0 Å². The summed E-state index contributed by atoms with van der Waals surface area (Å²) in [6.45, 7) is 10.2. The SMILES string of the molecule is Cc1cc(C)cc(CSCC(=O)N(Cc2ccccc2)[C@H](C)C(=O)NC(C)C)c1. The smallest absolute Gasteiger partial charge is 0.242 e. The molecule has 2 rings (SSSR count). The highest BCUT2D eigenvalue weighted by molar-refractivity contribution is 7.99. The highest BCUT2D eigenvalue weighted by Gasteiger charge is 2.26. The monoisotopic (exact) mass is 412 g/mol. The van der Waals surface area contributed by atoms with Gasteiger partial charge in [-0.2, -0.15) is 0 Å². The Morgan fingerprint density at radius 1 is 0.966 bits per heavy atom. The number of carbonyl (C=O) groups excluding carboxylic acids is 2. The minimum Gasteiger partial charge on any atom is -0.352 e. The van der Waals surface area contributed by atoms with Crippen molar-refractivity contribution in [3.05, 3.63) is 70.8 Å². The van der Waals surface area contributed by atoms with Gasteiger partial charge >= 0.3 is 0 Å². The zero-order valence-electron chi connectivity index (χ0n) is 18.1. The summed E-state index contributed by atoms with van der Waals surface area (Å²) in [7, 11) is 0. The molecule has 0 saturated heterocycles. The summed E-state index contributed by atoms with van der Waals surface area (Å²) in [6, 6.07) is 15.8. The van der Waals surface area contributed by atoms with Crippen LogP contribution in [0.1, 0.15) is 43.0 Å². The lowest BCUT2D eigenvalue weighted by Crippen LogP contribution is -2.49. The van der Waals surface area contributed by atoms with Crippen molar-refractivity contribution in [1.82, 2.24) is 10.2 Å². The predicted molar refractivity (Wildman–Crippen MR) is 122 cm³/mol. The van der Waals surface area contributed by atoms with Crippen molar-refractivity contribution in [3.8, 4) is 0 Å². The molecule has 0 aliphatic heterocycles. The van der Waals surface area contributed by atoms with Gasteiger partial charge in [-0.15, -0.1) is 11.8 Å². The number of carbonyl (C=O) groups is 2. The summed E-state index contributed by atoms with van der Waals surface area (Å²) in [4.78, 5) is 27.3. The van der Waals surface area contributed by atoms with Gasteiger partial charge in [0.1, 0.15) is 6.04 Å². The van der Waals surface area contributed by atoms with Crippen LogP contribution in [-0.2, 0) is 21.9 Å². The second-order valence-corrected chi connectivity index (χ2v) is 8.82. The number of hydrogen-bond acceptors (Lipinski definition) is 3. The predicted octanol–water partition coefficient (Wildman–Crippen LogP) is 4.48. The average molecular weight is 413 g/mol. The van der Waals surface area contributed by atoms with E-state index in [0.29, 0.717) is 12.3 Å². The standard InChI is InChI=1S/C24H32N2O2S/c1-17(2)25-24(28)20(5)26(14-21-9-7-6-8-10-21)23(27)16-29-15-22-12-18(3)11-19(4)13-22/h6-13,17,20H,14-16H2,1-5H3,(H,25,28)/t20-/m1/s1. The largest absolute Gasteiger partial charge is 0.352 e. The second-order valence-electron chi connectivity index (χ2n) is 7.84. The van der Waals surface area contributed by atoms with Crippen LogP contribution in [0.4, 0.5) is 0 Å². The number of thioether (sulfide) groups is 1. The van der Waals surface area contributed by atoms with Gasteiger partial charge in [-0.3, -0.25) is 9.59 Å². The molecule has 29 heavy (non-hydrogen) atoms. The molecule has 1 atom stereocenters. The third kappa shape index (κ3) is 7.58. The maximum absolute atomic E-state index is 13.0. The normalized spacial score (nSPS) is 11.9. The Balaban J connectivity index is 2.05. The van der Waals surface area contributed by atoms with Crippen LogP contribution in [0.2, 0.25) is 0 Å². The van der Waals surface area contributed by atoms with Crippen LogP contribution in [-0.4, -0.2) is 34.6 Å². The molecule has 156 valence electrons. The van der Waals surface area contributed by atoms with E-state index in [9.17, 15) is 9.59 Å². The first-order valence-corrected chi connectivity index (χ1v) is 11.2. The van der Waals surface area contributed by atoms with Crippen molar-refractivity contribution >= 4 is 23.6 Å². The van der Waals surface area contributed by atoms with E-state index in [-0.39, 0.29) is 17.9 Å². The van der Waals surface area contributed by atoms with Crippen LogP contribution >= 0.6 is 11.8 Å². The Kier molecular flexibility index (Phi) is 8.77. The molecule has 0 aromatic heterocycles. The topological polar surface area (TPSA) is 49.4 Å². The third-order valence-corrected chi connectivity index (χ3v) is 5.56. The molecule has 1 N–H and O–H groups in total. The summed E-state index contributed by atoms with van der Waals surface area (Å²) in [5, 5.41) is 2.92. The number of amides is 2. The summed E-state index contributed by atoms with van der Waals surface area (Å²) in [5.41, 5.74) is 4.71. The molecular weight excluding hydrogens is 380 g/mol. The van der Waals surface area contributed by atoms with Gasteiger partial charge in [0.15, 0.2) is 0 Å². The van der Waals surface area contributed by atoms with E-state index in [1.165, 1.54) is 16.7 Å². The van der Waals surface area contributed by atoms with Crippen molar-refractivity contribution < 1.29 is 9.59 Å². The Bertz CT molecular complexity index is 801. The summed E-state index contributed by atoms with van der Waals surface area (Å²) in [6.07, 6.45) is 0. The van der Waals surface area contributed by atoms with Crippen LogP contribution < -0.4 is 5.32 Å². The van der Waals surface area contributed by atoms with Crippen LogP contribution in [0, 0.1) is 13.8 Å². The first-order valence-electron chi connectivity index (χ1n) is 10.0. The van der Waals surface area contributed by atoms with E-state index in [0.717, 1.165) is 11.3 Å². The van der Waals surface area contributed by atoms with Crippen LogP contribution in [0.3, 0.4) is 0 Å². The molecule has 2 aromatic rings. The van der Waals surface area contributed by atoms with E-state index in [1.807, 2.05) is 44.2 Å². The van der Waals surface area contributed by atoms with E-state index in [1.54, 1.807) is 23.6 Å². The molecule has 5 heteroatoms. The molecule has 2 amide bonds. The molecule has 0 heterocycles. The minimum atomic E-state index is -0.521. The number of nitrogens with one attached hydrogen (secondary N) is 1. The lowest BCUT2D eigenvalue weighted by Gasteiger charge is -2.29. The van der Waals surface area contributed by atoms with Crippen LogP contribution in [0.15, 0.2) is 48.5 Å². The molecule has 0 saturated carbocycles. The summed E-state index contributed by atoms with van der Waals surface area (Å²) < 4.78 is 0. The van der Waals surface area contributed by atoms with Crippen molar-refractivity contribution in [3.63, 3.8) is 0 Å². The van der Waals surface area contributed by atoms with Crippen molar-refractivity contribution in [2.75, 3.05) is 5.75 Å². The highest BCUT2D eigenvalue weighted by atomic mass is 32.2. The van der Waals surface area contributed by atoms with Crippen molar-refractivity contribution in [2.45, 2.75) is 59.0 Å². The summed E-state index contributed by atoms with van der Waals surface area (Å²) >= 11 is 1.59. The number of benzene rings is 2. The molecule has 4 nitrogen and oxygen atoms in total. The van der Waals surface area contributed by atoms with Gasteiger partial charge in [0.25, 0.3) is 0 Å². The Labute approximate surface area is 179 Å². The van der Waals surface area contributed by atoms with E-state index < -0.39 is 6.04 Å².